The zero-order valence-corrected chi connectivity index (χ0v) is 13.3. The lowest BCUT2D eigenvalue weighted by Gasteiger charge is -2.32. The summed E-state index contributed by atoms with van der Waals surface area (Å²) in [6.07, 6.45) is 3.75. The van der Waals surface area contributed by atoms with Crippen LogP contribution in [0.4, 0.5) is 11.4 Å². The van der Waals surface area contributed by atoms with E-state index in [1.54, 1.807) is 0 Å². The van der Waals surface area contributed by atoms with Crippen molar-refractivity contribution in [2.75, 3.05) is 36.8 Å². The normalized spacial score (nSPS) is 13.9. The molecule has 1 aliphatic heterocycles. The number of carbonyl (C=O) groups is 1. The molecule has 4 nitrogen and oxygen atoms in total. The second-order valence-electron chi connectivity index (χ2n) is 5.61. The molecule has 2 N–H and O–H groups in total. The molecule has 1 amide bonds. The van der Waals surface area contributed by atoms with Crippen LogP contribution in [0.25, 0.3) is 0 Å². The van der Waals surface area contributed by atoms with Gasteiger partial charge in [-0.25, -0.2) is 0 Å². The summed E-state index contributed by atoms with van der Waals surface area (Å²) in [5.41, 5.74) is 9.51. The fourth-order valence-corrected chi connectivity index (χ4v) is 3.12. The average Bonchev–Trinajstić information content (AvgIpc) is 2.49. The molecule has 0 saturated heterocycles. The quantitative estimate of drug-likeness (QED) is 0.819. The number of benzene rings is 1. The summed E-state index contributed by atoms with van der Waals surface area (Å²) >= 11 is 0. The second-order valence-corrected chi connectivity index (χ2v) is 5.61. The number of rotatable bonds is 6. The van der Waals surface area contributed by atoms with Crippen LogP contribution in [0.2, 0.25) is 0 Å². The standard InChI is InChI=1S/C17H27N3O/c1-3-19(4-2)17(21)11-7-13-20-12-6-8-14-15(18)9-5-10-16(14)20/h5,9-10H,3-4,6-8,11-13,18H2,1-2H3. The lowest BCUT2D eigenvalue weighted by atomic mass is 9.99. The Labute approximate surface area is 127 Å². The number of nitrogens with two attached hydrogens (primary N) is 1. The van der Waals surface area contributed by atoms with Gasteiger partial charge in [0.15, 0.2) is 0 Å². The number of hydrogen-bond donors (Lipinski definition) is 1. The summed E-state index contributed by atoms with van der Waals surface area (Å²) in [4.78, 5) is 16.3. The SMILES string of the molecule is CCN(CC)C(=O)CCCN1CCCc2c(N)cccc21. The molecule has 0 bridgehead atoms. The fraction of sp³-hybridized carbons (Fsp3) is 0.588. The molecule has 2 rings (SSSR count). The molecule has 0 aromatic heterocycles. The van der Waals surface area contributed by atoms with Crippen LogP contribution in [0.3, 0.4) is 0 Å². The minimum atomic E-state index is 0.268. The molecule has 4 heteroatoms. The minimum absolute atomic E-state index is 0.268. The largest absolute Gasteiger partial charge is 0.398 e. The Morgan fingerprint density at radius 3 is 2.81 bits per heavy atom. The highest BCUT2D eigenvalue weighted by Crippen LogP contribution is 2.31. The van der Waals surface area contributed by atoms with E-state index in [1.165, 1.54) is 11.3 Å². The third-order valence-electron chi connectivity index (χ3n) is 4.32. The molecular weight excluding hydrogens is 262 g/mol. The monoisotopic (exact) mass is 289 g/mol. The van der Waals surface area contributed by atoms with Crippen LogP contribution in [-0.4, -0.2) is 37.0 Å². The summed E-state index contributed by atoms with van der Waals surface area (Å²) in [5.74, 6) is 0.268. The molecular formula is C17H27N3O. The second kappa shape index (κ2) is 7.34. The predicted molar refractivity (Wildman–Crippen MR) is 88.6 cm³/mol. The Hall–Kier alpha value is -1.71. The van der Waals surface area contributed by atoms with Crippen molar-refractivity contribution in [3.63, 3.8) is 0 Å². The summed E-state index contributed by atoms with van der Waals surface area (Å²) in [5, 5.41) is 0. The molecule has 116 valence electrons. The first-order valence-electron chi connectivity index (χ1n) is 8.07. The molecule has 1 aromatic carbocycles. The Kier molecular flexibility index (Phi) is 5.48. The molecule has 0 unspecified atom stereocenters. The number of anilines is 2. The zero-order chi connectivity index (χ0) is 15.2. The minimum Gasteiger partial charge on any atom is -0.398 e. The first-order valence-corrected chi connectivity index (χ1v) is 8.07. The van der Waals surface area contributed by atoms with Gasteiger partial charge in [0.25, 0.3) is 0 Å². The molecule has 21 heavy (non-hydrogen) atoms. The van der Waals surface area contributed by atoms with Crippen molar-refractivity contribution in [2.24, 2.45) is 0 Å². The highest BCUT2D eigenvalue weighted by atomic mass is 16.2. The van der Waals surface area contributed by atoms with E-state index in [1.807, 2.05) is 30.9 Å². The van der Waals surface area contributed by atoms with Crippen molar-refractivity contribution < 1.29 is 4.79 Å². The number of nitrogens with zero attached hydrogens (tertiary/aromatic N) is 2. The number of amides is 1. The lowest BCUT2D eigenvalue weighted by Crippen LogP contribution is -2.33. The predicted octanol–water partition coefficient (Wildman–Crippen LogP) is 2.67. The van der Waals surface area contributed by atoms with Gasteiger partial charge in [-0.15, -0.1) is 0 Å². The molecule has 0 radical (unpaired) electrons. The van der Waals surface area contributed by atoms with E-state index >= 15 is 0 Å². The molecule has 0 atom stereocenters. The summed E-state index contributed by atoms with van der Waals surface area (Å²) in [6.45, 7) is 7.67. The number of nitrogen functional groups attached to an aromatic ring is 1. The van der Waals surface area contributed by atoms with Gasteiger partial charge in [-0.05, 0) is 50.8 Å². The molecule has 0 aliphatic carbocycles. The molecule has 1 aliphatic rings. The van der Waals surface area contributed by atoms with Gasteiger partial charge < -0.3 is 15.5 Å². The first-order chi connectivity index (χ1) is 10.2. The maximum absolute atomic E-state index is 12.0. The van der Waals surface area contributed by atoms with Gasteiger partial charge in [-0.3, -0.25) is 4.79 Å². The molecule has 0 fully saturated rings. The van der Waals surface area contributed by atoms with Gasteiger partial charge in [0.1, 0.15) is 0 Å². The van der Waals surface area contributed by atoms with Gasteiger partial charge in [0.05, 0.1) is 0 Å². The van der Waals surface area contributed by atoms with E-state index in [0.717, 1.165) is 51.1 Å². The van der Waals surface area contributed by atoms with Gasteiger partial charge in [0.2, 0.25) is 5.91 Å². The van der Waals surface area contributed by atoms with E-state index in [-0.39, 0.29) is 5.91 Å². The summed E-state index contributed by atoms with van der Waals surface area (Å²) in [6, 6.07) is 6.15. The van der Waals surface area contributed by atoms with Crippen molar-refractivity contribution >= 4 is 17.3 Å². The topological polar surface area (TPSA) is 49.6 Å². The van der Waals surface area contributed by atoms with Crippen LogP contribution in [0.5, 0.6) is 0 Å². The smallest absolute Gasteiger partial charge is 0.222 e. The molecule has 0 saturated carbocycles. The lowest BCUT2D eigenvalue weighted by molar-refractivity contribution is -0.130. The van der Waals surface area contributed by atoms with Crippen LogP contribution in [-0.2, 0) is 11.2 Å². The number of carbonyl (C=O) groups excluding carboxylic acids is 1. The maximum Gasteiger partial charge on any atom is 0.222 e. The third-order valence-corrected chi connectivity index (χ3v) is 4.32. The highest BCUT2D eigenvalue weighted by Gasteiger charge is 2.18. The summed E-state index contributed by atoms with van der Waals surface area (Å²) < 4.78 is 0. The van der Waals surface area contributed by atoms with Crippen molar-refractivity contribution in [1.82, 2.24) is 4.90 Å². The van der Waals surface area contributed by atoms with Crippen molar-refractivity contribution in [2.45, 2.75) is 39.5 Å². The third kappa shape index (κ3) is 3.69. The fourth-order valence-electron chi connectivity index (χ4n) is 3.12. The molecule has 1 aromatic rings. The zero-order valence-electron chi connectivity index (χ0n) is 13.3. The number of fused-ring (bicyclic) bond motifs is 1. The maximum atomic E-state index is 12.0. The van der Waals surface area contributed by atoms with Crippen molar-refractivity contribution in [3.05, 3.63) is 23.8 Å². The highest BCUT2D eigenvalue weighted by molar-refractivity contribution is 5.76. The van der Waals surface area contributed by atoms with Gasteiger partial charge in [0, 0.05) is 44.0 Å². The number of hydrogen-bond acceptors (Lipinski definition) is 3. The van der Waals surface area contributed by atoms with Gasteiger partial charge >= 0.3 is 0 Å². The van der Waals surface area contributed by atoms with Crippen molar-refractivity contribution in [1.29, 1.82) is 0 Å². The van der Waals surface area contributed by atoms with Gasteiger partial charge in [-0.2, -0.15) is 0 Å². The Bertz CT molecular complexity index is 483. The van der Waals surface area contributed by atoms with E-state index in [0.29, 0.717) is 6.42 Å². The Morgan fingerprint density at radius 1 is 1.33 bits per heavy atom. The first kappa shape index (κ1) is 15.7. The van der Waals surface area contributed by atoms with E-state index in [2.05, 4.69) is 11.0 Å². The Morgan fingerprint density at radius 2 is 2.10 bits per heavy atom. The average molecular weight is 289 g/mol. The Balaban J connectivity index is 1.91. The summed E-state index contributed by atoms with van der Waals surface area (Å²) in [7, 11) is 0. The van der Waals surface area contributed by atoms with Gasteiger partial charge in [-0.1, -0.05) is 6.07 Å². The van der Waals surface area contributed by atoms with Crippen LogP contribution in [0.15, 0.2) is 18.2 Å². The van der Waals surface area contributed by atoms with E-state index in [4.69, 9.17) is 5.73 Å². The molecule has 1 heterocycles. The van der Waals surface area contributed by atoms with E-state index in [9.17, 15) is 4.79 Å². The molecule has 0 spiro atoms. The van der Waals surface area contributed by atoms with Crippen LogP contribution in [0, 0.1) is 0 Å². The van der Waals surface area contributed by atoms with E-state index < -0.39 is 0 Å². The van der Waals surface area contributed by atoms with Crippen LogP contribution < -0.4 is 10.6 Å². The van der Waals surface area contributed by atoms with Crippen molar-refractivity contribution in [3.8, 4) is 0 Å². The van der Waals surface area contributed by atoms with Crippen LogP contribution in [0.1, 0.15) is 38.7 Å². The van der Waals surface area contributed by atoms with Crippen LogP contribution >= 0.6 is 0 Å².